The van der Waals surface area contributed by atoms with Gasteiger partial charge in [-0.3, -0.25) is 9.59 Å². The van der Waals surface area contributed by atoms with Crippen LogP contribution in [-0.2, 0) is 24.3 Å². The summed E-state index contributed by atoms with van der Waals surface area (Å²) < 4.78 is 10.7. The van der Waals surface area contributed by atoms with Gasteiger partial charge in [0.2, 0.25) is 12.7 Å². The molecule has 1 amide bonds. The van der Waals surface area contributed by atoms with Gasteiger partial charge in [-0.05, 0) is 53.3 Å². The third-order valence-electron chi connectivity index (χ3n) is 5.01. The summed E-state index contributed by atoms with van der Waals surface area (Å²) in [6.07, 6.45) is 0.925. The molecule has 1 N–H and O–H groups in total. The lowest BCUT2D eigenvalue weighted by Crippen LogP contribution is -2.30. The number of carbonyl (C=O) groups is 1. The fourth-order valence-corrected chi connectivity index (χ4v) is 3.38. The van der Waals surface area contributed by atoms with Gasteiger partial charge >= 0.3 is 0 Å². The van der Waals surface area contributed by atoms with E-state index in [2.05, 4.69) is 18.0 Å². The molecule has 1 aromatic heterocycles. The maximum absolute atomic E-state index is 12.5. The number of hydrogen-bond donors (Lipinski definition) is 1. The number of fused-ring (bicyclic) bond motifs is 2. The van der Waals surface area contributed by atoms with Crippen LogP contribution in [0.3, 0.4) is 0 Å². The Balaban J connectivity index is 1.61. The number of nitrogens with one attached hydrogen (secondary N) is 1. The number of amides is 1. The Morgan fingerprint density at radius 3 is 2.61 bits per heavy atom. The Labute approximate surface area is 162 Å². The average molecular weight is 378 g/mol. The minimum Gasteiger partial charge on any atom is -0.454 e. The van der Waals surface area contributed by atoms with Gasteiger partial charge < -0.3 is 19.4 Å². The van der Waals surface area contributed by atoms with Gasteiger partial charge in [-0.2, -0.15) is 0 Å². The summed E-state index contributed by atoms with van der Waals surface area (Å²) in [6, 6.07) is 13.5. The lowest BCUT2D eigenvalue weighted by atomic mass is 10.1. The minimum atomic E-state index is -0.173. The first-order valence-corrected chi connectivity index (χ1v) is 9.32. The van der Waals surface area contributed by atoms with Gasteiger partial charge in [0, 0.05) is 24.5 Å². The third-order valence-corrected chi connectivity index (χ3v) is 5.01. The van der Waals surface area contributed by atoms with Crippen molar-refractivity contribution in [3.63, 3.8) is 0 Å². The van der Waals surface area contributed by atoms with Crippen molar-refractivity contribution in [2.45, 2.75) is 33.4 Å². The molecule has 2 aromatic carbocycles. The first kappa shape index (κ1) is 18.1. The van der Waals surface area contributed by atoms with Crippen molar-refractivity contribution in [3.8, 4) is 11.5 Å². The first-order chi connectivity index (χ1) is 13.5. The second-order valence-electron chi connectivity index (χ2n) is 6.96. The molecule has 3 aromatic rings. The maximum atomic E-state index is 12.5. The molecule has 2 heterocycles. The molecule has 0 unspecified atom stereocenters. The summed E-state index contributed by atoms with van der Waals surface area (Å²) in [5, 5.41) is 0.973. The topological polar surface area (TPSA) is 71.6 Å². The van der Waals surface area contributed by atoms with Gasteiger partial charge in [0.25, 0.3) is 5.56 Å². The van der Waals surface area contributed by atoms with Crippen LogP contribution in [0.5, 0.6) is 11.5 Å². The lowest BCUT2D eigenvalue weighted by Gasteiger charge is -2.21. The minimum absolute atomic E-state index is 0.0977. The molecule has 0 saturated heterocycles. The highest BCUT2D eigenvalue weighted by Gasteiger charge is 2.17. The Kier molecular flexibility index (Phi) is 4.77. The zero-order chi connectivity index (χ0) is 19.7. The molecule has 0 bridgehead atoms. The number of carbonyl (C=O) groups excluding carboxylic acids is 1. The summed E-state index contributed by atoms with van der Waals surface area (Å²) in [5.74, 6) is 1.28. The van der Waals surface area contributed by atoms with Crippen molar-refractivity contribution in [3.05, 3.63) is 69.5 Å². The second kappa shape index (κ2) is 7.38. The number of ether oxygens (including phenoxy) is 2. The van der Waals surface area contributed by atoms with Gasteiger partial charge in [0.05, 0.1) is 6.54 Å². The second-order valence-corrected chi connectivity index (χ2v) is 6.96. The summed E-state index contributed by atoms with van der Waals surface area (Å²) in [7, 11) is 0. The summed E-state index contributed by atoms with van der Waals surface area (Å²) in [5.41, 5.74) is 3.32. The fraction of sp³-hybridized carbons (Fsp3) is 0.273. The summed E-state index contributed by atoms with van der Waals surface area (Å²) in [6.45, 7) is 4.44. The molecular weight excluding hydrogens is 356 g/mol. The fourth-order valence-electron chi connectivity index (χ4n) is 3.38. The van der Waals surface area contributed by atoms with Crippen LogP contribution in [-0.4, -0.2) is 22.6 Å². The number of benzene rings is 2. The highest BCUT2D eigenvalue weighted by atomic mass is 16.7. The van der Waals surface area contributed by atoms with E-state index in [4.69, 9.17) is 9.47 Å². The van der Waals surface area contributed by atoms with E-state index in [-0.39, 0.29) is 24.8 Å². The van der Waals surface area contributed by atoms with Gasteiger partial charge in [-0.25, -0.2) is 0 Å². The highest BCUT2D eigenvalue weighted by Crippen LogP contribution is 2.32. The molecule has 0 radical (unpaired) electrons. The number of H-pyrrole nitrogens is 1. The zero-order valence-corrected chi connectivity index (χ0v) is 16.0. The molecule has 0 fully saturated rings. The molecule has 0 atom stereocenters. The number of pyridine rings is 1. The van der Waals surface area contributed by atoms with Gasteiger partial charge in [0.15, 0.2) is 11.5 Å². The normalized spacial score (nSPS) is 12.4. The van der Waals surface area contributed by atoms with Gasteiger partial charge in [-0.15, -0.1) is 0 Å². The molecule has 1 aliphatic heterocycles. The number of hydrogen-bond acceptors (Lipinski definition) is 4. The van der Waals surface area contributed by atoms with E-state index in [0.29, 0.717) is 23.6 Å². The van der Waals surface area contributed by atoms with Crippen LogP contribution in [0, 0.1) is 0 Å². The lowest BCUT2D eigenvalue weighted by molar-refractivity contribution is -0.130. The van der Waals surface area contributed by atoms with Crippen LogP contribution in [0.2, 0.25) is 0 Å². The number of aromatic amines is 1. The van der Waals surface area contributed by atoms with Crippen LogP contribution in [0.25, 0.3) is 10.9 Å². The highest BCUT2D eigenvalue weighted by molar-refractivity contribution is 5.80. The maximum Gasteiger partial charge on any atom is 0.253 e. The number of aryl methyl sites for hydroxylation is 1. The van der Waals surface area contributed by atoms with E-state index < -0.39 is 0 Å². The van der Waals surface area contributed by atoms with Crippen molar-refractivity contribution in [1.82, 2.24) is 9.88 Å². The smallest absolute Gasteiger partial charge is 0.253 e. The predicted molar refractivity (Wildman–Crippen MR) is 106 cm³/mol. The largest absolute Gasteiger partial charge is 0.454 e. The molecule has 6 heteroatoms. The van der Waals surface area contributed by atoms with Crippen LogP contribution in [0.4, 0.5) is 0 Å². The molecule has 0 spiro atoms. The van der Waals surface area contributed by atoms with Crippen molar-refractivity contribution in [2.24, 2.45) is 0 Å². The third kappa shape index (κ3) is 3.58. The molecule has 28 heavy (non-hydrogen) atoms. The quantitative estimate of drug-likeness (QED) is 0.739. The van der Waals surface area contributed by atoms with Crippen LogP contribution in [0.1, 0.15) is 30.5 Å². The van der Waals surface area contributed by atoms with Crippen molar-refractivity contribution in [2.75, 3.05) is 6.79 Å². The van der Waals surface area contributed by atoms with E-state index in [9.17, 15) is 9.59 Å². The standard InChI is InChI=1S/C22H22N2O4/c1-3-15-4-6-19-17(8-15)10-18(22(26)23-19)12-24(14(2)25)11-16-5-7-20-21(9-16)28-13-27-20/h4-10H,3,11-13H2,1-2H3,(H,23,26). The van der Waals surface area contributed by atoms with Crippen molar-refractivity contribution in [1.29, 1.82) is 0 Å². The van der Waals surface area contributed by atoms with Gasteiger partial charge in [0.1, 0.15) is 0 Å². The van der Waals surface area contributed by atoms with Crippen LogP contribution in [0.15, 0.2) is 47.3 Å². The van der Waals surface area contributed by atoms with Gasteiger partial charge in [-0.1, -0.05) is 19.1 Å². The number of rotatable bonds is 5. The first-order valence-electron chi connectivity index (χ1n) is 9.32. The molecule has 6 nitrogen and oxygen atoms in total. The SMILES string of the molecule is CCc1ccc2[nH]c(=O)c(CN(Cc3ccc4c(c3)OCO4)C(C)=O)cc2c1. The monoisotopic (exact) mass is 378 g/mol. The number of aromatic nitrogens is 1. The Morgan fingerprint density at radius 2 is 1.82 bits per heavy atom. The Morgan fingerprint density at radius 1 is 1.04 bits per heavy atom. The summed E-state index contributed by atoms with van der Waals surface area (Å²) in [4.78, 5) is 29.3. The van der Waals surface area contributed by atoms with E-state index in [0.717, 1.165) is 22.9 Å². The molecule has 0 aliphatic carbocycles. The number of nitrogens with zero attached hydrogens (tertiary/aromatic N) is 1. The molecule has 144 valence electrons. The van der Waals surface area contributed by atoms with Crippen LogP contribution < -0.4 is 15.0 Å². The van der Waals surface area contributed by atoms with E-state index in [1.54, 1.807) is 4.90 Å². The zero-order valence-electron chi connectivity index (χ0n) is 16.0. The average Bonchev–Trinajstić information content (AvgIpc) is 3.15. The molecule has 4 rings (SSSR count). The van der Waals surface area contributed by atoms with E-state index >= 15 is 0 Å². The molecule has 0 saturated carbocycles. The van der Waals surface area contributed by atoms with Crippen molar-refractivity contribution >= 4 is 16.8 Å². The summed E-state index contributed by atoms with van der Waals surface area (Å²) >= 11 is 0. The van der Waals surface area contributed by atoms with Crippen molar-refractivity contribution < 1.29 is 14.3 Å². The predicted octanol–water partition coefficient (Wildman–Crippen LogP) is 3.37. The Hall–Kier alpha value is -3.28. The van der Waals surface area contributed by atoms with Crippen LogP contribution >= 0.6 is 0 Å². The van der Waals surface area contributed by atoms with E-state index in [1.165, 1.54) is 12.5 Å². The molecular formula is C22H22N2O4. The molecule has 1 aliphatic rings. The van der Waals surface area contributed by atoms with E-state index in [1.807, 2.05) is 36.4 Å². The Bertz CT molecular complexity index is 1100.